The van der Waals surface area contributed by atoms with Gasteiger partial charge in [0, 0.05) is 5.02 Å². The molecule has 1 heterocycles. The lowest BCUT2D eigenvalue weighted by atomic mass is 10.2. The second-order valence-corrected chi connectivity index (χ2v) is 7.82. The van der Waals surface area contributed by atoms with E-state index in [4.69, 9.17) is 16.7 Å². The molecule has 0 saturated heterocycles. The zero-order valence-corrected chi connectivity index (χ0v) is 13.6. The second kappa shape index (κ2) is 5.67. The number of carbonyl (C=O) groups is 1. The standard InChI is InChI=1S/C13H12ClNO4S2/c1-7-3-4-9(6-10(7)14)15-21(18,19)11-5-8(2)12(20-11)13(16)17/h3-6,15H,1-2H3,(H,16,17). The van der Waals surface area contributed by atoms with Gasteiger partial charge in [-0.15, -0.1) is 11.3 Å². The van der Waals surface area contributed by atoms with Crippen LogP contribution >= 0.6 is 22.9 Å². The van der Waals surface area contributed by atoms with Crippen molar-refractivity contribution in [2.24, 2.45) is 0 Å². The lowest BCUT2D eigenvalue weighted by molar-refractivity contribution is 0.0701. The summed E-state index contributed by atoms with van der Waals surface area (Å²) in [4.78, 5) is 11.0. The van der Waals surface area contributed by atoms with Gasteiger partial charge in [-0.2, -0.15) is 0 Å². The van der Waals surface area contributed by atoms with Gasteiger partial charge in [0.05, 0.1) is 5.69 Å². The minimum Gasteiger partial charge on any atom is -0.477 e. The third-order valence-electron chi connectivity index (χ3n) is 2.78. The molecule has 0 atom stereocenters. The van der Waals surface area contributed by atoms with Gasteiger partial charge < -0.3 is 5.11 Å². The maximum atomic E-state index is 12.2. The first kappa shape index (κ1) is 15.8. The highest BCUT2D eigenvalue weighted by Gasteiger charge is 2.21. The van der Waals surface area contributed by atoms with Crippen molar-refractivity contribution in [2.75, 3.05) is 4.72 Å². The predicted octanol–water partition coefficient (Wildman–Crippen LogP) is 3.52. The van der Waals surface area contributed by atoms with Gasteiger partial charge >= 0.3 is 5.97 Å². The monoisotopic (exact) mass is 345 g/mol. The third-order valence-corrected chi connectivity index (χ3v) is 6.27. The van der Waals surface area contributed by atoms with Crippen molar-refractivity contribution in [3.63, 3.8) is 0 Å². The summed E-state index contributed by atoms with van der Waals surface area (Å²) in [5, 5.41) is 9.43. The summed E-state index contributed by atoms with van der Waals surface area (Å²) in [5.74, 6) is -1.14. The van der Waals surface area contributed by atoms with Crippen molar-refractivity contribution in [2.45, 2.75) is 18.1 Å². The summed E-state index contributed by atoms with van der Waals surface area (Å²) in [6, 6.07) is 6.14. The molecule has 0 amide bonds. The minimum atomic E-state index is -3.83. The summed E-state index contributed by atoms with van der Waals surface area (Å²) in [7, 11) is -3.83. The number of hydrogen-bond donors (Lipinski definition) is 2. The van der Waals surface area contributed by atoms with Crippen LogP contribution in [-0.2, 0) is 10.0 Å². The highest BCUT2D eigenvalue weighted by Crippen LogP contribution is 2.28. The minimum absolute atomic E-state index is 0.0114. The van der Waals surface area contributed by atoms with E-state index in [0.29, 0.717) is 16.3 Å². The van der Waals surface area contributed by atoms with Crippen LogP contribution in [0.4, 0.5) is 5.69 Å². The number of anilines is 1. The summed E-state index contributed by atoms with van der Waals surface area (Å²) in [6.07, 6.45) is 0. The molecule has 0 aliphatic heterocycles. The molecule has 0 fully saturated rings. The van der Waals surface area contributed by atoms with Gasteiger partial charge in [-0.1, -0.05) is 17.7 Å². The van der Waals surface area contributed by atoms with Gasteiger partial charge in [-0.3, -0.25) is 4.72 Å². The molecule has 0 unspecified atom stereocenters. The molecule has 0 aliphatic carbocycles. The number of thiophene rings is 1. The Labute approximate surface area is 131 Å². The number of carboxylic acids is 1. The molecular weight excluding hydrogens is 334 g/mol. The van der Waals surface area contributed by atoms with Crippen LogP contribution in [0, 0.1) is 13.8 Å². The Hall–Kier alpha value is -1.57. The van der Waals surface area contributed by atoms with E-state index in [1.54, 1.807) is 19.1 Å². The number of halogens is 1. The fourth-order valence-corrected chi connectivity index (χ4v) is 4.27. The van der Waals surface area contributed by atoms with Crippen molar-refractivity contribution in [3.8, 4) is 0 Å². The Balaban J connectivity index is 2.36. The highest BCUT2D eigenvalue weighted by atomic mass is 35.5. The number of benzene rings is 1. The number of aromatic carboxylic acids is 1. The zero-order valence-electron chi connectivity index (χ0n) is 11.2. The van der Waals surface area contributed by atoms with E-state index in [9.17, 15) is 13.2 Å². The van der Waals surface area contributed by atoms with Gasteiger partial charge in [0.15, 0.2) is 0 Å². The summed E-state index contributed by atoms with van der Waals surface area (Å²) in [5.41, 5.74) is 1.57. The maximum absolute atomic E-state index is 12.2. The fraction of sp³-hybridized carbons (Fsp3) is 0.154. The molecule has 21 heavy (non-hydrogen) atoms. The van der Waals surface area contributed by atoms with Gasteiger partial charge in [0.1, 0.15) is 9.09 Å². The van der Waals surface area contributed by atoms with Gasteiger partial charge in [0.25, 0.3) is 10.0 Å². The molecule has 0 spiro atoms. The van der Waals surface area contributed by atoms with Crippen LogP contribution < -0.4 is 4.72 Å². The molecule has 2 rings (SSSR count). The Morgan fingerprint density at radius 2 is 1.90 bits per heavy atom. The van der Waals surface area contributed by atoms with E-state index in [1.165, 1.54) is 12.1 Å². The van der Waals surface area contributed by atoms with Crippen LogP contribution in [0.15, 0.2) is 28.5 Å². The molecule has 5 nitrogen and oxygen atoms in total. The van der Waals surface area contributed by atoms with Crippen LogP contribution in [0.1, 0.15) is 20.8 Å². The largest absolute Gasteiger partial charge is 0.477 e. The van der Waals surface area contributed by atoms with Gasteiger partial charge in [-0.25, -0.2) is 13.2 Å². The normalized spacial score (nSPS) is 11.4. The zero-order chi connectivity index (χ0) is 15.8. The maximum Gasteiger partial charge on any atom is 0.346 e. The third kappa shape index (κ3) is 3.37. The van der Waals surface area contributed by atoms with Gasteiger partial charge in [-0.05, 0) is 43.2 Å². The molecule has 0 radical (unpaired) electrons. The van der Waals surface area contributed by atoms with Crippen LogP contribution in [-0.4, -0.2) is 19.5 Å². The molecule has 1 aromatic heterocycles. The van der Waals surface area contributed by atoms with Crippen LogP contribution in [0.2, 0.25) is 5.02 Å². The molecule has 1 aromatic carbocycles. The number of rotatable bonds is 4. The molecule has 112 valence electrons. The highest BCUT2D eigenvalue weighted by molar-refractivity contribution is 7.94. The van der Waals surface area contributed by atoms with E-state index >= 15 is 0 Å². The Morgan fingerprint density at radius 3 is 2.43 bits per heavy atom. The molecule has 2 N–H and O–H groups in total. The van der Waals surface area contributed by atoms with E-state index < -0.39 is 16.0 Å². The van der Waals surface area contributed by atoms with Crippen molar-refractivity contribution >= 4 is 44.6 Å². The number of sulfonamides is 1. The quantitative estimate of drug-likeness (QED) is 0.888. The molecule has 0 saturated carbocycles. The van der Waals surface area contributed by atoms with E-state index in [2.05, 4.69) is 4.72 Å². The topological polar surface area (TPSA) is 83.5 Å². The molecular formula is C13H12ClNO4S2. The van der Waals surface area contributed by atoms with Crippen LogP contribution in [0.5, 0.6) is 0 Å². The lowest BCUT2D eigenvalue weighted by Gasteiger charge is -2.07. The van der Waals surface area contributed by atoms with Gasteiger partial charge in [0.2, 0.25) is 0 Å². The molecule has 0 aliphatic rings. The number of aryl methyl sites for hydroxylation is 2. The molecule has 8 heteroatoms. The van der Waals surface area contributed by atoms with Crippen LogP contribution in [0.25, 0.3) is 0 Å². The van der Waals surface area contributed by atoms with Crippen molar-refractivity contribution in [3.05, 3.63) is 45.3 Å². The van der Waals surface area contributed by atoms with Crippen LogP contribution in [0.3, 0.4) is 0 Å². The average molecular weight is 346 g/mol. The second-order valence-electron chi connectivity index (χ2n) is 4.45. The van der Waals surface area contributed by atoms with E-state index in [1.807, 2.05) is 6.92 Å². The summed E-state index contributed by atoms with van der Waals surface area (Å²) in [6.45, 7) is 3.37. The van der Waals surface area contributed by atoms with E-state index in [0.717, 1.165) is 16.9 Å². The molecule has 2 aromatic rings. The lowest BCUT2D eigenvalue weighted by Crippen LogP contribution is -2.11. The smallest absolute Gasteiger partial charge is 0.346 e. The number of nitrogens with one attached hydrogen (secondary N) is 1. The number of hydrogen-bond acceptors (Lipinski definition) is 4. The Morgan fingerprint density at radius 1 is 1.24 bits per heavy atom. The van der Waals surface area contributed by atoms with Crippen molar-refractivity contribution in [1.82, 2.24) is 0 Å². The number of carboxylic acid groups (broad SMARTS) is 1. The predicted molar refractivity (Wildman–Crippen MR) is 83.0 cm³/mol. The average Bonchev–Trinajstić information content (AvgIpc) is 2.77. The van der Waals surface area contributed by atoms with Crippen molar-refractivity contribution in [1.29, 1.82) is 0 Å². The summed E-state index contributed by atoms with van der Waals surface area (Å²) >= 11 is 6.67. The Kier molecular flexibility index (Phi) is 4.27. The first-order valence-electron chi connectivity index (χ1n) is 5.83. The first-order valence-corrected chi connectivity index (χ1v) is 8.51. The first-order chi connectivity index (χ1) is 9.70. The van der Waals surface area contributed by atoms with E-state index in [-0.39, 0.29) is 9.09 Å². The Bertz CT molecular complexity index is 812. The molecule has 0 bridgehead atoms. The fourth-order valence-electron chi connectivity index (χ4n) is 1.66. The SMILES string of the molecule is Cc1ccc(NS(=O)(=O)c2cc(C)c(C(=O)O)s2)cc1Cl. The summed E-state index contributed by atoms with van der Waals surface area (Å²) < 4.78 is 26.8. The van der Waals surface area contributed by atoms with Crippen molar-refractivity contribution < 1.29 is 18.3 Å².